The lowest BCUT2D eigenvalue weighted by Gasteiger charge is -2.37. The SMILES string of the molecule is COCC1(CNC(=O)c2ccn(-c3ccc(Cl)c(Cl)c3)n2)CCNCC1. The summed E-state index contributed by atoms with van der Waals surface area (Å²) in [5.41, 5.74) is 1.08. The highest BCUT2D eigenvalue weighted by molar-refractivity contribution is 6.42. The van der Waals surface area contributed by atoms with E-state index in [2.05, 4.69) is 15.7 Å². The molecule has 0 saturated carbocycles. The van der Waals surface area contributed by atoms with E-state index in [9.17, 15) is 4.79 Å². The van der Waals surface area contributed by atoms with Crippen molar-refractivity contribution >= 4 is 29.1 Å². The van der Waals surface area contributed by atoms with Crippen LogP contribution in [0.5, 0.6) is 0 Å². The fourth-order valence-corrected chi connectivity index (χ4v) is 3.50. The lowest BCUT2D eigenvalue weighted by molar-refractivity contribution is 0.0510. The molecule has 0 bridgehead atoms. The molecule has 3 rings (SSSR count). The van der Waals surface area contributed by atoms with Gasteiger partial charge in [-0.25, -0.2) is 4.68 Å². The zero-order valence-corrected chi connectivity index (χ0v) is 16.1. The zero-order chi connectivity index (χ0) is 18.6. The number of benzene rings is 1. The third-order valence-electron chi connectivity index (χ3n) is 4.73. The molecule has 2 heterocycles. The van der Waals surface area contributed by atoms with Crippen LogP contribution < -0.4 is 10.6 Å². The van der Waals surface area contributed by atoms with E-state index < -0.39 is 0 Å². The van der Waals surface area contributed by atoms with Crippen LogP contribution in [0.1, 0.15) is 23.3 Å². The van der Waals surface area contributed by atoms with Crippen LogP contribution >= 0.6 is 23.2 Å². The first kappa shape index (κ1) is 19.2. The monoisotopic (exact) mass is 396 g/mol. The van der Waals surface area contributed by atoms with Crippen LogP contribution in [0.2, 0.25) is 10.0 Å². The smallest absolute Gasteiger partial charge is 0.271 e. The molecule has 0 radical (unpaired) electrons. The second kappa shape index (κ2) is 8.39. The number of methoxy groups -OCH3 is 1. The zero-order valence-electron chi connectivity index (χ0n) is 14.6. The quantitative estimate of drug-likeness (QED) is 0.787. The number of amides is 1. The molecule has 1 aliphatic heterocycles. The van der Waals surface area contributed by atoms with E-state index in [4.69, 9.17) is 27.9 Å². The van der Waals surface area contributed by atoms with E-state index in [1.807, 2.05) is 0 Å². The normalized spacial score (nSPS) is 16.4. The first-order valence-corrected chi connectivity index (χ1v) is 9.28. The Morgan fingerprint density at radius 3 is 2.77 bits per heavy atom. The molecule has 1 amide bonds. The molecule has 1 aliphatic rings. The lowest BCUT2D eigenvalue weighted by Crippen LogP contribution is -2.47. The molecule has 1 aromatic carbocycles. The third kappa shape index (κ3) is 4.38. The van der Waals surface area contributed by atoms with E-state index in [0.29, 0.717) is 28.9 Å². The number of aromatic nitrogens is 2. The van der Waals surface area contributed by atoms with Crippen LogP contribution in [0.25, 0.3) is 5.69 Å². The summed E-state index contributed by atoms with van der Waals surface area (Å²) in [5.74, 6) is -0.196. The van der Waals surface area contributed by atoms with Gasteiger partial charge >= 0.3 is 0 Å². The van der Waals surface area contributed by atoms with Gasteiger partial charge in [-0.05, 0) is 50.2 Å². The van der Waals surface area contributed by atoms with Gasteiger partial charge in [0.2, 0.25) is 0 Å². The summed E-state index contributed by atoms with van der Waals surface area (Å²) >= 11 is 12.0. The van der Waals surface area contributed by atoms with E-state index in [-0.39, 0.29) is 11.3 Å². The van der Waals surface area contributed by atoms with E-state index in [1.54, 1.807) is 42.3 Å². The van der Waals surface area contributed by atoms with Crippen molar-refractivity contribution in [3.63, 3.8) is 0 Å². The van der Waals surface area contributed by atoms with Crippen molar-refractivity contribution in [1.29, 1.82) is 0 Å². The van der Waals surface area contributed by atoms with Crippen LogP contribution in [0.15, 0.2) is 30.5 Å². The predicted molar refractivity (Wildman–Crippen MR) is 102 cm³/mol. The van der Waals surface area contributed by atoms with Gasteiger partial charge < -0.3 is 15.4 Å². The molecule has 0 spiro atoms. The molecule has 0 unspecified atom stereocenters. The van der Waals surface area contributed by atoms with Crippen molar-refractivity contribution in [2.45, 2.75) is 12.8 Å². The lowest BCUT2D eigenvalue weighted by atomic mass is 9.79. The number of halogens is 2. The number of carbonyl (C=O) groups is 1. The van der Waals surface area contributed by atoms with E-state index >= 15 is 0 Å². The van der Waals surface area contributed by atoms with Gasteiger partial charge in [0.05, 0.1) is 22.3 Å². The van der Waals surface area contributed by atoms with Crippen molar-refractivity contribution < 1.29 is 9.53 Å². The number of ether oxygens (including phenoxy) is 1. The summed E-state index contributed by atoms with van der Waals surface area (Å²) in [6, 6.07) is 6.89. The van der Waals surface area contributed by atoms with Crippen LogP contribution in [0, 0.1) is 5.41 Å². The number of piperidine rings is 1. The first-order chi connectivity index (χ1) is 12.5. The summed E-state index contributed by atoms with van der Waals surface area (Å²) in [5, 5.41) is 11.6. The topological polar surface area (TPSA) is 68.2 Å². The molecule has 6 nitrogen and oxygen atoms in total. The van der Waals surface area contributed by atoms with Gasteiger partial charge in [0.1, 0.15) is 0 Å². The Morgan fingerprint density at radius 2 is 2.08 bits per heavy atom. The average Bonchev–Trinajstić information content (AvgIpc) is 3.13. The second-order valence-electron chi connectivity index (χ2n) is 6.61. The van der Waals surface area contributed by atoms with Crippen LogP contribution in [0.3, 0.4) is 0 Å². The molecule has 140 valence electrons. The van der Waals surface area contributed by atoms with E-state index in [1.165, 1.54) is 0 Å². The Hall–Kier alpha value is -1.60. The van der Waals surface area contributed by atoms with Crippen molar-refractivity contribution in [1.82, 2.24) is 20.4 Å². The van der Waals surface area contributed by atoms with Gasteiger partial charge in [-0.2, -0.15) is 5.10 Å². The second-order valence-corrected chi connectivity index (χ2v) is 7.42. The first-order valence-electron chi connectivity index (χ1n) is 8.52. The molecular formula is C18H22Cl2N4O2. The third-order valence-corrected chi connectivity index (χ3v) is 5.47. The summed E-state index contributed by atoms with van der Waals surface area (Å²) in [6.07, 6.45) is 3.67. The van der Waals surface area contributed by atoms with Crippen LogP contribution in [0.4, 0.5) is 0 Å². The minimum absolute atomic E-state index is 0.0259. The molecule has 1 aromatic heterocycles. The number of rotatable bonds is 6. The van der Waals surface area contributed by atoms with Crippen LogP contribution in [-0.4, -0.2) is 49.0 Å². The maximum atomic E-state index is 12.5. The molecule has 0 atom stereocenters. The number of nitrogens with one attached hydrogen (secondary N) is 2. The Labute approximate surface area is 162 Å². The molecule has 2 N–H and O–H groups in total. The molecular weight excluding hydrogens is 375 g/mol. The van der Waals surface area contributed by atoms with Crippen molar-refractivity contribution in [2.75, 3.05) is 33.4 Å². The van der Waals surface area contributed by atoms with Gasteiger partial charge in [0.15, 0.2) is 5.69 Å². The Kier molecular flexibility index (Phi) is 6.19. The summed E-state index contributed by atoms with van der Waals surface area (Å²) in [6.45, 7) is 3.07. The number of carbonyl (C=O) groups excluding carboxylic acids is 1. The Balaban J connectivity index is 1.66. The molecule has 26 heavy (non-hydrogen) atoms. The average molecular weight is 397 g/mol. The molecule has 1 saturated heterocycles. The summed E-state index contributed by atoms with van der Waals surface area (Å²) < 4.78 is 6.99. The minimum atomic E-state index is -0.196. The Bertz CT molecular complexity index is 767. The highest BCUT2D eigenvalue weighted by Crippen LogP contribution is 2.28. The number of nitrogens with zero attached hydrogens (tertiary/aromatic N) is 2. The van der Waals surface area contributed by atoms with Crippen LogP contribution in [-0.2, 0) is 4.74 Å². The fourth-order valence-electron chi connectivity index (χ4n) is 3.21. The van der Waals surface area contributed by atoms with Crippen molar-refractivity contribution in [2.24, 2.45) is 5.41 Å². The van der Waals surface area contributed by atoms with Crippen molar-refractivity contribution in [3.8, 4) is 5.69 Å². The maximum absolute atomic E-state index is 12.5. The van der Waals surface area contributed by atoms with Gasteiger partial charge in [0.25, 0.3) is 5.91 Å². The number of hydrogen-bond acceptors (Lipinski definition) is 4. The molecule has 1 fully saturated rings. The maximum Gasteiger partial charge on any atom is 0.271 e. The molecule has 2 aromatic rings. The predicted octanol–water partition coefficient (Wildman–Crippen LogP) is 2.93. The summed E-state index contributed by atoms with van der Waals surface area (Å²) in [4.78, 5) is 12.5. The Morgan fingerprint density at radius 1 is 1.31 bits per heavy atom. The minimum Gasteiger partial charge on any atom is -0.384 e. The highest BCUT2D eigenvalue weighted by Gasteiger charge is 2.32. The fraction of sp³-hybridized carbons (Fsp3) is 0.444. The number of hydrogen-bond donors (Lipinski definition) is 2. The molecule has 8 heteroatoms. The van der Waals surface area contributed by atoms with Gasteiger partial charge in [-0.3, -0.25) is 4.79 Å². The molecule has 0 aliphatic carbocycles. The van der Waals surface area contributed by atoms with Crippen molar-refractivity contribution in [3.05, 3.63) is 46.2 Å². The van der Waals surface area contributed by atoms with Gasteiger partial charge in [0, 0.05) is 25.3 Å². The highest BCUT2D eigenvalue weighted by atomic mass is 35.5. The van der Waals surface area contributed by atoms with Gasteiger partial charge in [-0.1, -0.05) is 23.2 Å². The standard InChI is InChI=1S/C18H22Cl2N4O2/c1-26-12-18(5-7-21-8-6-18)11-22-17(25)16-4-9-24(23-16)13-2-3-14(19)15(20)10-13/h2-4,9-10,21H,5-8,11-12H2,1H3,(H,22,25). The van der Waals surface area contributed by atoms with E-state index in [0.717, 1.165) is 31.6 Å². The summed E-state index contributed by atoms with van der Waals surface area (Å²) in [7, 11) is 1.70. The van der Waals surface area contributed by atoms with Gasteiger partial charge in [-0.15, -0.1) is 0 Å². The largest absolute Gasteiger partial charge is 0.384 e.